The molecule has 5 heteroatoms. The van der Waals surface area contributed by atoms with Crippen molar-refractivity contribution in [1.82, 2.24) is 4.98 Å². The van der Waals surface area contributed by atoms with E-state index in [0.717, 1.165) is 5.56 Å². The number of rotatable bonds is 1. The number of H-pyrrole nitrogens is 1. The average molecular weight is 236 g/mol. The van der Waals surface area contributed by atoms with Crippen molar-refractivity contribution >= 4 is 23.0 Å². The van der Waals surface area contributed by atoms with Crippen LogP contribution in [0, 0.1) is 0 Å². The molecule has 0 atom stereocenters. The minimum absolute atomic E-state index is 0.100. The number of benzene rings is 1. The molecule has 82 valence electrons. The van der Waals surface area contributed by atoms with Gasteiger partial charge >= 0.3 is 0 Å². The summed E-state index contributed by atoms with van der Waals surface area (Å²) in [6.45, 7) is 0. The number of aromatic nitrogens is 1. The smallest absolute Gasteiger partial charge is 0.271 e. The molecule has 0 fully saturated rings. The summed E-state index contributed by atoms with van der Waals surface area (Å²) in [5.74, 6) is 0. The van der Waals surface area contributed by atoms with Gasteiger partial charge in [0.25, 0.3) is 5.56 Å². The quantitative estimate of drug-likeness (QED) is 0.705. The summed E-state index contributed by atoms with van der Waals surface area (Å²) in [6, 6.07) is 8.50. The van der Waals surface area contributed by atoms with Crippen LogP contribution in [0.4, 0.5) is 11.4 Å². The number of hydrogen-bond acceptors (Lipinski definition) is 3. The van der Waals surface area contributed by atoms with Crippen LogP contribution in [0.25, 0.3) is 11.3 Å². The topological polar surface area (TPSA) is 84.9 Å². The van der Waals surface area contributed by atoms with Crippen LogP contribution in [0.2, 0.25) is 5.02 Å². The Morgan fingerprint density at radius 3 is 2.56 bits per heavy atom. The van der Waals surface area contributed by atoms with Crippen molar-refractivity contribution in [2.45, 2.75) is 0 Å². The van der Waals surface area contributed by atoms with Crippen molar-refractivity contribution in [3.63, 3.8) is 0 Å². The lowest BCUT2D eigenvalue weighted by Gasteiger charge is -2.06. The highest BCUT2D eigenvalue weighted by Gasteiger charge is 2.06. The van der Waals surface area contributed by atoms with Crippen molar-refractivity contribution in [2.75, 3.05) is 11.5 Å². The van der Waals surface area contributed by atoms with Gasteiger partial charge in [0.2, 0.25) is 0 Å². The zero-order chi connectivity index (χ0) is 11.7. The Kier molecular flexibility index (Phi) is 2.58. The molecule has 0 amide bonds. The summed E-state index contributed by atoms with van der Waals surface area (Å²) in [5, 5.41) is 0.578. The summed E-state index contributed by atoms with van der Waals surface area (Å²) < 4.78 is 0. The number of anilines is 2. The number of hydrogen-bond donors (Lipinski definition) is 3. The van der Waals surface area contributed by atoms with E-state index in [1.54, 1.807) is 18.2 Å². The third kappa shape index (κ3) is 1.87. The highest BCUT2D eigenvalue weighted by Crippen LogP contribution is 2.25. The van der Waals surface area contributed by atoms with Gasteiger partial charge in [0.15, 0.2) is 0 Å². The van der Waals surface area contributed by atoms with Gasteiger partial charge in [-0.05, 0) is 18.2 Å². The number of nitrogen functional groups attached to an aromatic ring is 2. The fourth-order valence-electron chi connectivity index (χ4n) is 1.45. The van der Waals surface area contributed by atoms with E-state index in [-0.39, 0.29) is 11.2 Å². The van der Waals surface area contributed by atoms with Crippen molar-refractivity contribution < 1.29 is 0 Å². The number of aromatic amines is 1. The van der Waals surface area contributed by atoms with Gasteiger partial charge in [0, 0.05) is 10.6 Å². The minimum atomic E-state index is -0.357. The van der Waals surface area contributed by atoms with E-state index >= 15 is 0 Å². The maximum absolute atomic E-state index is 11.4. The highest BCUT2D eigenvalue weighted by atomic mass is 35.5. The molecule has 1 aromatic heterocycles. The molecule has 1 heterocycles. The van der Waals surface area contributed by atoms with Gasteiger partial charge in [-0.2, -0.15) is 0 Å². The van der Waals surface area contributed by atoms with Gasteiger partial charge in [-0.25, -0.2) is 0 Å². The molecule has 16 heavy (non-hydrogen) atoms. The Labute approximate surface area is 96.9 Å². The fourth-order valence-corrected chi connectivity index (χ4v) is 1.64. The van der Waals surface area contributed by atoms with Gasteiger partial charge in [-0.3, -0.25) is 4.79 Å². The molecule has 0 aliphatic rings. The Hall–Kier alpha value is -1.94. The van der Waals surface area contributed by atoms with Gasteiger partial charge in [0.05, 0.1) is 17.1 Å². The van der Waals surface area contributed by atoms with Gasteiger partial charge in [-0.1, -0.05) is 23.7 Å². The van der Waals surface area contributed by atoms with E-state index in [4.69, 9.17) is 23.1 Å². The predicted octanol–water partition coefficient (Wildman–Crippen LogP) is 1.86. The molecule has 0 bridgehead atoms. The lowest BCUT2D eigenvalue weighted by Crippen LogP contribution is -2.13. The summed E-state index contributed by atoms with van der Waals surface area (Å²) >= 11 is 5.86. The van der Waals surface area contributed by atoms with Crippen molar-refractivity contribution in [1.29, 1.82) is 0 Å². The molecule has 2 aromatic rings. The minimum Gasteiger partial charge on any atom is -0.397 e. The molecular weight excluding hydrogens is 226 g/mol. The average Bonchev–Trinajstić information content (AvgIpc) is 2.23. The lowest BCUT2D eigenvalue weighted by molar-refractivity contribution is 1.25. The molecular formula is C11H10ClN3O. The molecule has 0 aliphatic carbocycles. The molecule has 5 N–H and O–H groups in total. The van der Waals surface area contributed by atoms with E-state index in [1.165, 1.54) is 6.07 Å². The van der Waals surface area contributed by atoms with Crippen LogP contribution in [-0.2, 0) is 0 Å². The molecule has 1 aromatic carbocycles. The lowest BCUT2D eigenvalue weighted by atomic mass is 10.1. The predicted molar refractivity (Wildman–Crippen MR) is 66.3 cm³/mol. The van der Waals surface area contributed by atoms with Crippen LogP contribution in [0.5, 0.6) is 0 Å². The Morgan fingerprint density at radius 2 is 1.88 bits per heavy atom. The maximum atomic E-state index is 11.4. The van der Waals surface area contributed by atoms with Crippen LogP contribution in [0.3, 0.4) is 0 Å². The second kappa shape index (κ2) is 3.90. The van der Waals surface area contributed by atoms with Gasteiger partial charge in [-0.15, -0.1) is 0 Å². The molecule has 0 unspecified atom stereocenters. The third-order valence-corrected chi connectivity index (χ3v) is 2.45. The molecule has 0 saturated carbocycles. The molecule has 0 saturated heterocycles. The van der Waals surface area contributed by atoms with Crippen LogP contribution in [0.15, 0.2) is 35.1 Å². The first kappa shape index (κ1) is 10.6. The third-order valence-electron chi connectivity index (χ3n) is 2.21. The fraction of sp³-hybridized carbons (Fsp3) is 0. The van der Waals surface area contributed by atoms with E-state index in [2.05, 4.69) is 4.98 Å². The second-order valence-electron chi connectivity index (χ2n) is 3.39. The summed E-state index contributed by atoms with van der Waals surface area (Å²) in [6.07, 6.45) is 0. The summed E-state index contributed by atoms with van der Waals surface area (Å²) in [4.78, 5) is 14.0. The Bertz CT molecular complexity index is 592. The van der Waals surface area contributed by atoms with Crippen LogP contribution >= 0.6 is 11.6 Å². The number of nitrogens with two attached hydrogens (primary N) is 2. The van der Waals surface area contributed by atoms with Crippen LogP contribution in [-0.4, -0.2) is 4.98 Å². The molecule has 2 rings (SSSR count). The van der Waals surface area contributed by atoms with Crippen LogP contribution in [0.1, 0.15) is 0 Å². The normalized spacial score (nSPS) is 10.3. The zero-order valence-electron chi connectivity index (χ0n) is 8.33. The first-order valence-corrected chi connectivity index (χ1v) is 5.00. The van der Waals surface area contributed by atoms with E-state index in [1.807, 2.05) is 6.07 Å². The molecule has 4 nitrogen and oxygen atoms in total. The summed E-state index contributed by atoms with van der Waals surface area (Å²) in [7, 11) is 0. The van der Waals surface area contributed by atoms with E-state index < -0.39 is 0 Å². The van der Waals surface area contributed by atoms with Gasteiger partial charge in [0.1, 0.15) is 0 Å². The van der Waals surface area contributed by atoms with Crippen molar-refractivity contribution in [3.05, 3.63) is 45.7 Å². The number of nitrogens with one attached hydrogen (secondary N) is 1. The monoisotopic (exact) mass is 235 g/mol. The first-order valence-electron chi connectivity index (χ1n) is 4.62. The Balaban J connectivity index is 2.65. The van der Waals surface area contributed by atoms with E-state index in [9.17, 15) is 4.79 Å². The summed E-state index contributed by atoms with van der Waals surface area (Å²) in [5.41, 5.74) is 12.7. The van der Waals surface area contributed by atoms with Crippen molar-refractivity contribution in [3.8, 4) is 11.3 Å². The standard InChI is InChI=1S/C11H10ClN3O/c12-7-3-1-2-6(4-7)10-8(13)5-9(14)11(16)15-10/h1-5H,13-14H2,(H,15,16). The van der Waals surface area contributed by atoms with E-state index in [0.29, 0.717) is 16.4 Å². The largest absolute Gasteiger partial charge is 0.397 e. The molecule has 0 spiro atoms. The van der Waals surface area contributed by atoms with Crippen LogP contribution < -0.4 is 17.0 Å². The van der Waals surface area contributed by atoms with Crippen molar-refractivity contribution in [2.24, 2.45) is 0 Å². The zero-order valence-corrected chi connectivity index (χ0v) is 9.08. The molecule has 0 radical (unpaired) electrons. The highest BCUT2D eigenvalue weighted by molar-refractivity contribution is 6.30. The molecule has 0 aliphatic heterocycles. The van der Waals surface area contributed by atoms with Gasteiger partial charge < -0.3 is 16.5 Å². The second-order valence-corrected chi connectivity index (χ2v) is 3.83. The first-order chi connectivity index (χ1) is 7.58. The SMILES string of the molecule is Nc1cc(N)c(=O)[nH]c1-c1cccc(Cl)c1. The maximum Gasteiger partial charge on any atom is 0.271 e. The Morgan fingerprint density at radius 1 is 1.12 bits per heavy atom. The number of pyridine rings is 1. The number of halogens is 1.